The largest absolute Gasteiger partial charge is 0.353 e. The fraction of sp³-hybridized carbons (Fsp3) is 0.471. The van der Waals surface area contributed by atoms with E-state index < -0.39 is 0 Å². The Morgan fingerprint density at radius 2 is 2.29 bits per heavy atom. The van der Waals surface area contributed by atoms with Gasteiger partial charge in [0.05, 0.1) is 6.54 Å². The van der Waals surface area contributed by atoms with Gasteiger partial charge in [-0.1, -0.05) is 23.7 Å². The van der Waals surface area contributed by atoms with Crippen molar-refractivity contribution in [1.29, 1.82) is 0 Å². The highest BCUT2D eigenvalue weighted by Crippen LogP contribution is 2.41. The minimum Gasteiger partial charge on any atom is -0.353 e. The number of hydrogen-bond acceptors (Lipinski definition) is 3. The third kappa shape index (κ3) is 3.24. The van der Waals surface area contributed by atoms with E-state index in [1.54, 1.807) is 6.33 Å². The number of rotatable bonds is 3. The van der Waals surface area contributed by atoms with Crippen LogP contribution in [-0.2, 0) is 13.0 Å². The van der Waals surface area contributed by atoms with Crippen LogP contribution in [0.4, 0.5) is 0 Å². The van der Waals surface area contributed by atoms with E-state index in [4.69, 9.17) is 11.6 Å². The maximum Gasteiger partial charge on any atom is 0.191 e. The summed E-state index contributed by atoms with van der Waals surface area (Å²) in [5.74, 6) is 2.44. The number of aryl methyl sites for hydroxylation is 1. The molecule has 1 aliphatic heterocycles. The van der Waals surface area contributed by atoms with Gasteiger partial charge in [0, 0.05) is 36.5 Å². The molecule has 1 aromatic heterocycles. The number of benzene rings is 1. The number of aliphatic imine (C=N–C) groups is 1. The summed E-state index contributed by atoms with van der Waals surface area (Å²) in [5, 5.41) is 12.1. The summed E-state index contributed by atoms with van der Waals surface area (Å²) in [4.78, 5) is 8.64. The Bertz CT molecular complexity index is 755. The predicted octanol–water partition coefficient (Wildman–Crippen LogP) is 1.97. The number of nitrogens with one attached hydrogen (secondary N) is 2. The van der Waals surface area contributed by atoms with E-state index in [1.165, 1.54) is 5.56 Å². The zero-order chi connectivity index (χ0) is 16.5. The van der Waals surface area contributed by atoms with Crippen molar-refractivity contribution in [2.24, 2.45) is 4.99 Å². The molecule has 0 amide bonds. The van der Waals surface area contributed by atoms with Crippen LogP contribution < -0.4 is 10.6 Å². The van der Waals surface area contributed by atoms with Gasteiger partial charge in [0.2, 0.25) is 0 Å². The molecule has 3 unspecified atom stereocenters. The maximum atomic E-state index is 6.09. The average molecular weight is 345 g/mol. The standard InChI is InChI=1S/C17H21ClN6/c1-19-17(22-13-5-6-16-20-10-21-24(16)9-13)23-15-8-14(15)11-3-2-4-12(18)7-11/h2-4,7,10,13-15H,5-6,8-9H2,1H3,(H2,19,22,23). The minimum atomic E-state index is 0.328. The molecule has 2 aliphatic rings. The van der Waals surface area contributed by atoms with Crippen LogP contribution in [0.1, 0.15) is 30.1 Å². The van der Waals surface area contributed by atoms with Crippen molar-refractivity contribution < 1.29 is 0 Å². The third-order valence-electron chi connectivity index (χ3n) is 4.76. The highest BCUT2D eigenvalue weighted by molar-refractivity contribution is 6.30. The van der Waals surface area contributed by atoms with E-state index in [-0.39, 0.29) is 0 Å². The summed E-state index contributed by atoms with van der Waals surface area (Å²) >= 11 is 6.09. The van der Waals surface area contributed by atoms with Crippen molar-refractivity contribution in [2.75, 3.05) is 7.05 Å². The number of guanidine groups is 1. The molecule has 1 aromatic carbocycles. The zero-order valence-electron chi connectivity index (χ0n) is 13.6. The van der Waals surface area contributed by atoms with E-state index in [2.05, 4.69) is 37.8 Å². The van der Waals surface area contributed by atoms with Crippen LogP contribution in [0, 0.1) is 0 Å². The van der Waals surface area contributed by atoms with Gasteiger partial charge in [0.15, 0.2) is 5.96 Å². The molecule has 126 valence electrons. The average Bonchev–Trinajstić information content (AvgIpc) is 3.20. The summed E-state index contributed by atoms with van der Waals surface area (Å²) in [6.45, 7) is 0.832. The molecule has 0 bridgehead atoms. The Hall–Kier alpha value is -2.08. The molecule has 2 N–H and O–H groups in total. The summed E-state index contributed by atoms with van der Waals surface area (Å²) < 4.78 is 1.97. The first kappa shape index (κ1) is 15.4. The first-order chi connectivity index (χ1) is 11.7. The molecule has 1 aliphatic carbocycles. The predicted molar refractivity (Wildman–Crippen MR) is 94.4 cm³/mol. The molecule has 1 saturated carbocycles. The lowest BCUT2D eigenvalue weighted by Gasteiger charge is -2.25. The lowest BCUT2D eigenvalue weighted by Crippen LogP contribution is -2.47. The molecule has 6 nitrogen and oxygen atoms in total. The Morgan fingerprint density at radius 3 is 3.12 bits per heavy atom. The molecule has 0 spiro atoms. The van der Waals surface area contributed by atoms with Crippen molar-refractivity contribution in [2.45, 2.75) is 43.8 Å². The van der Waals surface area contributed by atoms with Crippen LogP contribution in [0.15, 0.2) is 35.6 Å². The SMILES string of the molecule is CN=C(NC1CCc2ncnn2C1)NC1CC1c1cccc(Cl)c1. The van der Waals surface area contributed by atoms with Gasteiger partial charge >= 0.3 is 0 Å². The smallest absolute Gasteiger partial charge is 0.191 e. The second-order valence-electron chi connectivity index (χ2n) is 6.46. The van der Waals surface area contributed by atoms with E-state index in [1.807, 2.05) is 23.9 Å². The van der Waals surface area contributed by atoms with Crippen LogP contribution in [0.2, 0.25) is 5.02 Å². The fourth-order valence-corrected chi connectivity index (χ4v) is 3.55. The molecule has 2 aromatic rings. The van der Waals surface area contributed by atoms with Crippen molar-refractivity contribution in [3.8, 4) is 0 Å². The molecular weight excluding hydrogens is 324 g/mol. The fourth-order valence-electron chi connectivity index (χ4n) is 3.36. The molecule has 3 atom stereocenters. The number of fused-ring (bicyclic) bond motifs is 1. The van der Waals surface area contributed by atoms with E-state index >= 15 is 0 Å². The van der Waals surface area contributed by atoms with Crippen molar-refractivity contribution in [3.05, 3.63) is 47.0 Å². The molecule has 0 radical (unpaired) electrons. The van der Waals surface area contributed by atoms with Crippen LogP contribution in [0.25, 0.3) is 0 Å². The second-order valence-corrected chi connectivity index (χ2v) is 6.89. The van der Waals surface area contributed by atoms with Crippen LogP contribution in [0.5, 0.6) is 0 Å². The lowest BCUT2D eigenvalue weighted by atomic mass is 10.1. The van der Waals surface area contributed by atoms with Crippen molar-refractivity contribution in [1.82, 2.24) is 25.4 Å². The topological polar surface area (TPSA) is 67.1 Å². The molecular formula is C17H21ClN6. The van der Waals surface area contributed by atoms with Crippen molar-refractivity contribution in [3.63, 3.8) is 0 Å². The lowest BCUT2D eigenvalue weighted by molar-refractivity contribution is 0.392. The second kappa shape index (κ2) is 6.43. The Labute approximate surface area is 146 Å². The number of nitrogens with zero attached hydrogens (tertiary/aromatic N) is 4. The van der Waals surface area contributed by atoms with Crippen LogP contribution in [0.3, 0.4) is 0 Å². The first-order valence-corrected chi connectivity index (χ1v) is 8.72. The highest BCUT2D eigenvalue weighted by atomic mass is 35.5. The molecule has 0 saturated heterocycles. The highest BCUT2D eigenvalue weighted by Gasteiger charge is 2.39. The molecule has 4 rings (SSSR count). The first-order valence-electron chi connectivity index (χ1n) is 8.35. The normalized spacial score (nSPS) is 25.9. The number of halogens is 1. The number of hydrogen-bond donors (Lipinski definition) is 2. The minimum absolute atomic E-state index is 0.328. The van der Waals surface area contributed by atoms with E-state index in [0.717, 1.165) is 42.6 Å². The van der Waals surface area contributed by atoms with Gasteiger partial charge in [-0.25, -0.2) is 9.67 Å². The summed E-state index contributed by atoms with van der Waals surface area (Å²) in [6.07, 6.45) is 4.73. The maximum absolute atomic E-state index is 6.09. The Morgan fingerprint density at radius 1 is 1.38 bits per heavy atom. The molecule has 7 heteroatoms. The molecule has 24 heavy (non-hydrogen) atoms. The van der Waals surface area contributed by atoms with Gasteiger partial charge in [-0.05, 0) is 30.5 Å². The van der Waals surface area contributed by atoms with E-state index in [9.17, 15) is 0 Å². The van der Waals surface area contributed by atoms with Gasteiger partial charge in [-0.2, -0.15) is 5.10 Å². The van der Waals surface area contributed by atoms with Gasteiger partial charge in [-0.3, -0.25) is 4.99 Å². The van der Waals surface area contributed by atoms with E-state index in [0.29, 0.717) is 18.0 Å². The Kier molecular flexibility index (Phi) is 4.14. The van der Waals surface area contributed by atoms with Crippen molar-refractivity contribution >= 4 is 17.6 Å². The van der Waals surface area contributed by atoms with Gasteiger partial charge in [0.1, 0.15) is 12.2 Å². The number of aromatic nitrogens is 3. The van der Waals surface area contributed by atoms with Gasteiger partial charge in [0.25, 0.3) is 0 Å². The Balaban J connectivity index is 1.33. The molecule has 2 heterocycles. The molecule has 1 fully saturated rings. The summed E-state index contributed by atoms with van der Waals surface area (Å²) in [6, 6.07) is 8.86. The quantitative estimate of drug-likeness (QED) is 0.660. The van der Waals surface area contributed by atoms with Crippen LogP contribution in [-0.4, -0.2) is 39.9 Å². The zero-order valence-corrected chi connectivity index (χ0v) is 14.4. The third-order valence-corrected chi connectivity index (χ3v) is 4.99. The van der Waals surface area contributed by atoms with Crippen LogP contribution >= 0.6 is 11.6 Å². The monoisotopic (exact) mass is 344 g/mol. The van der Waals surface area contributed by atoms with Gasteiger partial charge < -0.3 is 10.6 Å². The summed E-state index contributed by atoms with van der Waals surface area (Å²) in [5.41, 5.74) is 1.29. The van der Waals surface area contributed by atoms with Gasteiger partial charge in [-0.15, -0.1) is 0 Å². The summed E-state index contributed by atoms with van der Waals surface area (Å²) in [7, 11) is 1.82.